The molecule has 0 fully saturated rings. The van der Waals surface area contributed by atoms with Gasteiger partial charge in [-0.25, -0.2) is 0 Å². The van der Waals surface area contributed by atoms with Crippen molar-refractivity contribution >= 4 is 29.3 Å². The van der Waals surface area contributed by atoms with Crippen LogP contribution in [0, 0.1) is 11.3 Å². The van der Waals surface area contributed by atoms with E-state index >= 15 is 0 Å². The highest BCUT2D eigenvalue weighted by atomic mass is 35.5. The summed E-state index contributed by atoms with van der Waals surface area (Å²) in [6.45, 7) is 0. The average Bonchev–Trinajstić information content (AvgIpc) is 2.54. The molecular weight excluding hydrogens is 296 g/mol. The van der Waals surface area contributed by atoms with Gasteiger partial charge in [-0.3, -0.25) is 4.79 Å². The highest BCUT2D eigenvalue weighted by molar-refractivity contribution is 6.33. The Hall–Kier alpha value is -2.83. The first-order valence-corrected chi connectivity index (χ1v) is 6.98. The number of para-hydroxylation sites is 1. The van der Waals surface area contributed by atoms with Gasteiger partial charge in [-0.2, -0.15) is 5.26 Å². The molecule has 0 bridgehead atoms. The Bertz CT molecular complexity index is 758. The van der Waals surface area contributed by atoms with E-state index in [0.717, 1.165) is 5.56 Å². The van der Waals surface area contributed by atoms with Gasteiger partial charge < -0.3 is 5.32 Å². The summed E-state index contributed by atoms with van der Waals surface area (Å²) in [5.74, 6) is -0.492. The van der Waals surface area contributed by atoms with Gasteiger partial charge in [-0.1, -0.05) is 66.2 Å². The Morgan fingerprint density at radius 3 is 2.45 bits per heavy atom. The van der Waals surface area contributed by atoms with Gasteiger partial charge in [-0.05, 0) is 23.8 Å². The summed E-state index contributed by atoms with van der Waals surface area (Å²) >= 11 is 5.97. The van der Waals surface area contributed by atoms with Crippen molar-refractivity contribution in [3.63, 3.8) is 0 Å². The van der Waals surface area contributed by atoms with E-state index in [9.17, 15) is 4.79 Å². The quantitative estimate of drug-likeness (QED) is 0.515. The first kappa shape index (κ1) is 15.6. The van der Waals surface area contributed by atoms with Crippen molar-refractivity contribution in [3.8, 4) is 6.07 Å². The molecule has 108 valence electrons. The van der Waals surface area contributed by atoms with Crippen molar-refractivity contribution in [1.29, 1.82) is 5.26 Å². The highest BCUT2D eigenvalue weighted by Gasteiger charge is 2.09. The molecule has 0 aromatic heterocycles. The van der Waals surface area contributed by atoms with Crippen molar-refractivity contribution in [2.24, 2.45) is 0 Å². The van der Waals surface area contributed by atoms with E-state index < -0.39 is 5.91 Å². The molecular formula is C18H13ClN2O. The molecule has 0 saturated heterocycles. The number of anilines is 1. The molecule has 0 saturated carbocycles. The van der Waals surface area contributed by atoms with Crippen molar-refractivity contribution in [3.05, 3.63) is 82.9 Å². The zero-order chi connectivity index (χ0) is 15.8. The number of hydrogen-bond donors (Lipinski definition) is 1. The van der Waals surface area contributed by atoms with Gasteiger partial charge >= 0.3 is 0 Å². The van der Waals surface area contributed by atoms with Crippen molar-refractivity contribution in [2.75, 3.05) is 5.32 Å². The number of halogens is 1. The second-order valence-electron chi connectivity index (χ2n) is 4.40. The monoisotopic (exact) mass is 308 g/mol. The first-order valence-electron chi connectivity index (χ1n) is 6.60. The number of rotatable bonds is 4. The lowest BCUT2D eigenvalue weighted by Crippen LogP contribution is -2.13. The number of carbonyl (C=O) groups is 1. The van der Waals surface area contributed by atoms with E-state index in [4.69, 9.17) is 16.9 Å². The number of amides is 1. The number of benzene rings is 2. The van der Waals surface area contributed by atoms with Gasteiger partial charge in [0.25, 0.3) is 5.91 Å². The summed E-state index contributed by atoms with van der Waals surface area (Å²) in [7, 11) is 0. The minimum atomic E-state index is -0.492. The fraction of sp³-hybridized carbons (Fsp3) is 0. The topological polar surface area (TPSA) is 52.9 Å². The number of nitrogens with zero attached hydrogens (tertiary/aromatic N) is 1. The molecule has 4 heteroatoms. The first-order chi connectivity index (χ1) is 10.7. The van der Waals surface area contributed by atoms with E-state index in [-0.39, 0.29) is 5.57 Å². The number of allylic oxidation sites excluding steroid dienone is 2. The summed E-state index contributed by atoms with van der Waals surface area (Å²) in [4.78, 5) is 12.0. The Morgan fingerprint density at radius 2 is 1.77 bits per heavy atom. The van der Waals surface area contributed by atoms with Crippen LogP contribution in [0.4, 0.5) is 5.69 Å². The molecule has 0 aliphatic carbocycles. The minimum Gasteiger partial charge on any atom is -0.320 e. The maximum Gasteiger partial charge on any atom is 0.266 e. The molecule has 0 spiro atoms. The van der Waals surface area contributed by atoms with Crippen molar-refractivity contribution in [1.82, 2.24) is 0 Å². The Kier molecular flexibility index (Phi) is 5.53. The Morgan fingerprint density at radius 1 is 1.09 bits per heavy atom. The molecule has 0 aliphatic heterocycles. The maximum atomic E-state index is 12.0. The predicted molar refractivity (Wildman–Crippen MR) is 89.3 cm³/mol. The van der Waals surface area contributed by atoms with Crippen LogP contribution in [0.1, 0.15) is 5.56 Å². The van der Waals surface area contributed by atoms with E-state index in [2.05, 4.69) is 5.32 Å². The molecule has 0 heterocycles. The Labute approximate surface area is 134 Å². The third kappa shape index (κ3) is 4.34. The molecule has 0 unspecified atom stereocenters. The van der Waals surface area contributed by atoms with Gasteiger partial charge in [0.1, 0.15) is 11.6 Å². The van der Waals surface area contributed by atoms with Gasteiger partial charge in [0.2, 0.25) is 0 Å². The lowest BCUT2D eigenvalue weighted by atomic mass is 10.2. The van der Waals surface area contributed by atoms with Crippen LogP contribution < -0.4 is 5.32 Å². The predicted octanol–water partition coefficient (Wildman–Crippen LogP) is 4.44. The maximum absolute atomic E-state index is 12.0. The van der Waals surface area contributed by atoms with Crippen molar-refractivity contribution < 1.29 is 4.79 Å². The van der Waals surface area contributed by atoms with Gasteiger partial charge in [0, 0.05) is 0 Å². The number of nitrogens with one attached hydrogen (secondary N) is 1. The third-order valence-electron chi connectivity index (χ3n) is 2.84. The molecule has 0 radical (unpaired) electrons. The zero-order valence-electron chi connectivity index (χ0n) is 11.7. The summed E-state index contributed by atoms with van der Waals surface area (Å²) in [5.41, 5.74) is 1.47. The van der Waals surface area contributed by atoms with E-state index in [1.165, 1.54) is 6.08 Å². The second kappa shape index (κ2) is 7.82. The van der Waals surface area contributed by atoms with Crippen LogP contribution in [0.15, 0.2) is 72.3 Å². The number of hydrogen-bond acceptors (Lipinski definition) is 2. The molecule has 3 nitrogen and oxygen atoms in total. The van der Waals surface area contributed by atoms with Crippen LogP contribution in [0.25, 0.3) is 6.08 Å². The van der Waals surface area contributed by atoms with E-state index in [1.54, 1.807) is 30.3 Å². The van der Waals surface area contributed by atoms with Crippen LogP contribution in [0.2, 0.25) is 5.02 Å². The highest BCUT2D eigenvalue weighted by Crippen LogP contribution is 2.20. The molecule has 1 amide bonds. The van der Waals surface area contributed by atoms with Crippen molar-refractivity contribution in [2.45, 2.75) is 0 Å². The smallest absolute Gasteiger partial charge is 0.266 e. The van der Waals surface area contributed by atoms with E-state index in [1.807, 2.05) is 42.5 Å². The van der Waals surface area contributed by atoms with Crippen LogP contribution in [-0.2, 0) is 4.79 Å². The SMILES string of the molecule is N#CC(=CC=Cc1ccccc1)C(=O)Nc1ccccc1Cl. The fourth-order valence-corrected chi connectivity index (χ4v) is 1.92. The molecule has 0 atom stereocenters. The molecule has 0 aliphatic rings. The standard InChI is InChI=1S/C18H13ClN2O/c19-16-11-4-5-12-17(16)21-18(22)15(13-20)10-6-9-14-7-2-1-3-8-14/h1-12H,(H,21,22). The summed E-state index contributed by atoms with van der Waals surface area (Å²) in [6.07, 6.45) is 4.96. The fourth-order valence-electron chi connectivity index (χ4n) is 1.74. The molecule has 22 heavy (non-hydrogen) atoms. The Balaban J connectivity index is 2.09. The number of nitriles is 1. The third-order valence-corrected chi connectivity index (χ3v) is 3.17. The lowest BCUT2D eigenvalue weighted by Gasteiger charge is -2.05. The lowest BCUT2D eigenvalue weighted by molar-refractivity contribution is -0.112. The van der Waals surface area contributed by atoms with E-state index in [0.29, 0.717) is 10.7 Å². The average molecular weight is 309 g/mol. The normalized spacial score (nSPS) is 11.2. The second-order valence-corrected chi connectivity index (χ2v) is 4.80. The van der Waals surface area contributed by atoms with Crippen LogP contribution >= 0.6 is 11.6 Å². The summed E-state index contributed by atoms with van der Waals surface area (Å²) in [6, 6.07) is 18.4. The van der Waals surface area contributed by atoms with Gasteiger partial charge in [-0.15, -0.1) is 0 Å². The van der Waals surface area contributed by atoms with Crippen LogP contribution in [-0.4, -0.2) is 5.91 Å². The largest absolute Gasteiger partial charge is 0.320 e. The van der Waals surface area contributed by atoms with Crippen LogP contribution in [0.3, 0.4) is 0 Å². The minimum absolute atomic E-state index is 0.00657. The van der Waals surface area contributed by atoms with Gasteiger partial charge in [0.05, 0.1) is 10.7 Å². The molecule has 1 N–H and O–H groups in total. The zero-order valence-corrected chi connectivity index (χ0v) is 12.4. The molecule has 2 aromatic rings. The molecule has 2 aromatic carbocycles. The van der Waals surface area contributed by atoms with Crippen LogP contribution in [0.5, 0.6) is 0 Å². The molecule has 2 rings (SSSR count). The van der Waals surface area contributed by atoms with Gasteiger partial charge in [0.15, 0.2) is 0 Å². The summed E-state index contributed by atoms with van der Waals surface area (Å²) < 4.78 is 0. The number of carbonyl (C=O) groups excluding carboxylic acids is 1. The summed E-state index contributed by atoms with van der Waals surface area (Å²) in [5, 5.41) is 12.1.